The summed E-state index contributed by atoms with van der Waals surface area (Å²) in [6.45, 7) is 3.63. The minimum absolute atomic E-state index is 0.0586. The largest absolute Gasteiger partial charge is 0.480 e. The molecule has 1 rings (SSSR count). The highest BCUT2D eigenvalue weighted by Crippen LogP contribution is 2.13. The molecule has 1 unspecified atom stereocenters. The van der Waals surface area contributed by atoms with Crippen LogP contribution in [0.1, 0.15) is 30.6 Å². The fourth-order valence-corrected chi connectivity index (χ4v) is 1.66. The third kappa shape index (κ3) is 3.43. The first kappa shape index (κ1) is 14.4. The Kier molecular flexibility index (Phi) is 5.09. The number of amides is 1. The molecule has 0 aliphatic heterocycles. The molecule has 0 aliphatic rings. The van der Waals surface area contributed by atoms with Gasteiger partial charge in [0.05, 0.1) is 5.56 Å². The standard InChI is InChI=1S/C12H15ClN2O3/c1-3-7(2)9(12(17)18)15-11(16)8-5-4-6-14-10(8)13/h4-7,9H,3H2,1-2H3,(H,15,16)(H,17,18)/t7?,9-/m0/s1. The zero-order valence-corrected chi connectivity index (χ0v) is 10.9. The van der Waals surface area contributed by atoms with Gasteiger partial charge in [0.25, 0.3) is 5.91 Å². The molecule has 0 fully saturated rings. The van der Waals surface area contributed by atoms with E-state index in [0.717, 1.165) is 0 Å². The van der Waals surface area contributed by atoms with Crippen LogP contribution in [0, 0.1) is 5.92 Å². The third-order valence-electron chi connectivity index (χ3n) is 2.77. The Labute approximate surface area is 110 Å². The van der Waals surface area contributed by atoms with Gasteiger partial charge in [-0.1, -0.05) is 31.9 Å². The van der Waals surface area contributed by atoms with Crippen molar-refractivity contribution >= 4 is 23.5 Å². The van der Waals surface area contributed by atoms with Crippen molar-refractivity contribution in [1.82, 2.24) is 10.3 Å². The van der Waals surface area contributed by atoms with Gasteiger partial charge in [-0.15, -0.1) is 0 Å². The van der Waals surface area contributed by atoms with E-state index in [2.05, 4.69) is 10.3 Å². The molecular weight excluding hydrogens is 256 g/mol. The minimum atomic E-state index is -1.06. The molecule has 1 heterocycles. The SMILES string of the molecule is CCC(C)[C@H](NC(=O)c1cccnc1Cl)C(=O)O. The van der Waals surface area contributed by atoms with Crippen LogP contribution in [0.4, 0.5) is 0 Å². The maximum atomic E-state index is 11.9. The quantitative estimate of drug-likeness (QED) is 0.802. The number of nitrogens with zero attached hydrogens (tertiary/aromatic N) is 1. The van der Waals surface area contributed by atoms with E-state index >= 15 is 0 Å². The van der Waals surface area contributed by atoms with Crippen LogP contribution in [-0.2, 0) is 4.79 Å². The number of nitrogens with one attached hydrogen (secondary N) is 1. The summed E-state index contributed by atoms with van der Waals surface area (Å²) in [5, 5.41) is 11.6. The zero-order valence-electron chi connectivity index (χ0n) is 10.2. The van der Waals surface area contributed by atoms with Crippen molar-refractivity contribution in [3.05, 3.63) is 29.0 Å². The number of aromatic nitrogens is 1. The number of halogens is 1. The molecule has 0 spiro atoms. The highest BCUT2D eigenvalue weighted by molar-refractivity contribution is 6.32. The Morgan fingerprint density at radius 2 is 2.22 bits per heavy atom. The van der Waals surface area contributed by atoms with E-state index in [4.69, 9.17) is 16.7 Å². The van der Waals surface area contributed by atoms with Gasteiger partial charge in [-0.2, -0.15) is 0 Å². The van der Waals surface area contributed by atoms with Crippen LogP contribution in [0.3, 0.4) is 0 Å². The van der Waals surface area contributed by atoms with E-state index in [0.29, 0.717) is 6.42 Å². The average molecular weight is 271 g/mol. The van der Waals surface area contributed by atoms with Gasteiger partial charge < -0.3 is 10.4 Å². The van der Waals surface area contributed by atoms with E-state index in [1.54, 1.807) is 13.0 Å². The van der Waals surface area contributed by atoms with E-state index in [1.165, 1.54) is 12.3 Å². The fourth-order valence-electron chi connectivity index (χ4n) is 1.46. The molecule has 0 saturated heterocycles. The lowest BCUT2D eigenvalue weighted by Crippen LogP contribution is -2.45. The van der Waals surface area contributed by atoms with Gasteiger partial charge in [0.1, 0.15) is 11.2 Å². The number of hydrogen-bond acceptors (Lipinski definition) is 3. The summed E-state index contributed by atoms with van der Waals surface area (Å²) < 4.78 is 0. The number of carbonyl (C=O) groups excluding carboxylic acids is 1. The lowest BCUT2D eigenvalue weighted by Gasteiger charge is -2.20. The predicted molar refractivity (Wildman–Crippen MR) is 67.6 cm³/mol. The van der Waals surface area contributed by atoms with Crippen LogP contribution in [0.25, 0.3) is 0 Å². The molecule has 98 valence electrons. The van der Waals surface area contributed by atoms with Crippen LogP contribution in [0.15, 0.2) is 18.3 Å². The second-order valence-corrected chi connectivity index (χ2v) is 4.37. The topological polar surface area (TPSA) is 79.3 Å². The lowest BCUT2D eigenvalue weighted by molar-refractivity contribution is -0.140. The highest BCUT2D eigenvalue weighted by atomic mass is 35.5. The maximum Gasteiger partial charge on any atom is 0.326 e. The van der Waals surface area contributed by atoms with Gasteiger partial charge >= 0.3 is 5.97 Å². The molecule has 2 N–H and O–H groups in total. The lowest BCUT2D eigenvalue weighted by atomic mass is 9.99. The molecule has 0 radical (unpaired) electrons. The number of carbonyl (C=O) groups is 2. The average Bonchev–Trinajstić information content (AvgIpc) is 2.35. The summed E-state index contributed by atoms with van der Waals surface area (Å²) in [6, 6.07) is 2.14. The Balaban J connectivity index is 2.86. The first-order valence-electron chi connectivity index (χ1n) is 5.61. The number of aliphatic carboxylic acids is 1. The minimum Gasteiger partial charge on any atom is -0.480 e. The molecule has 1 amide bonds. The van der Waals surface area contributed by atoms with Gasteiger partial charge in [-0.3, -0.25) is 4.79 Å². The number of pyridine rings is 1. The first-order valence-corrected chi connectivity index (χ1v) is 5.99. The molecule has 1 aromatic heterocycles. The number of rotatable bonds is 5. The summed E-state index contributed by atoms with van der Waals surface area (Å²) in [6.07, 6.45) is 2.11. The Morgan fingerprint density at radius 1 is 1.56 bits per heavy atom. The molecular formula is C12H15ClN2O3. The summed E-state index contributed by atoms with van der Waals surface area (Å²) in [4.78, 5) is 26.8. The molecule has 2 atom stereocenters. The molecule has 1 aromatic rings. The van der Waals surface area contributed by atoms with Crippen LogP contribution >= 0.6 is 11.6 Å². The van der Waals surface area contributed by atoms with E-state index < -0.39 is 17.9 Å². The summed E-state index contributed by atoms with van der Waals surface area (Å²) in [5.74, 6) is -1.75. The molecule has 0 saturated carbocycles. The van der Waals surface area contributed by atoms with Crippen molar-refractivity contribution in [3.63, 3.8) is 0 Å². The summed E-state index contributed by atoms with van der Waals surface area (Å²) in [5.41, 5.74) is 0.175. The molecule has 0 aromatic carbocycles. The van der Waals surface area contributed by atoms with Crippen molar-refractivity contribution < 1.29 is 14.7 Å². The van der Waals surface area contributed by atoms with Gasteiger partial charge in [0, 0.05) is 6.20 Å². The van der Waals surface area contributed by atoms with Gasteiger partial charge in [-0.05, 0) is 18.1 Å². The second kappa shape index (κ2) is 6.35. The van der Waals surface area contributed by atoms with Crippen molar-refractivity contribution in [1.29, 1.82) is 0 Å². The Hall–Kier alpha value is -1.62. The monoisotopic (exact) mass is 270 g/mol. The van der Waals surface area contributed by atoms with Crippen molar-refractivity contribution in [3.8, 4) is 0 Å². The van der Waals surface area contributed by atoms with E-state index in [-0.39, 0.29) is 16.6 Å². The van der Waals surface area contributed by atoms with Crippen LogP contribution in [0.5, 0.6) is 0 Å². The smallest absolute Gasteiger partial charge is 0.326 e. The molecule has 6 heteroatoms. The fraction of sp³-hybridized carbons (Fsp3) is 0.417. The highest BCUT2D eigenvalue weighted by Gasteiger charge is 2.26. The zero-order chi connectivity index (χ0) is 13.7. The van der Waals surface area contributed by atoms with Gasteiger partial charge in [0.2, 0.25) is 0 Å². The first-order chi connectivity index (χ1) is 8.47. The third-order valence-corrected chi connectivity index (χ3v) is 3.07. The van der Waals surface area contributed by atoms with E-state index in [9.17, 15) is 9.59 Å². The second-order valence-electron chi connectivity index (χ2n) is 4.02. The normalized spacial score (nSPS) is 13.7. The van der Waals surface area contributed by atoms with Crippen molar-refractivity contribution in [2.45, 2.75) is 26.3 Å². The van der Waals surface area contributed by atoms with E-state index in [1.807, 2.05) is 6.92 Å². The molecule has 0 aliphatic carbocycles. The predicted octanol–water partition coefficient (Wildman–Crippen LogP) is 1.96. The van der Waals surface area contributed by atoms with Crippen molar-refractivity contribution in [2.75, 3.05) is 0 Å². The molecule has 18 heavy (non-hydrogen) atoms. The number of hydrogen-bond donors (Lipinski definition) is 2. The van der Waals surface area contributed by atoms with Crippen LogP contribution < -0.4 is 5.32 Å². The summed E-state index contributed by atoms with van der Waals surface area (Å²) >= 11 is 5.78. The summed E-state index contributed by atoms with van der Waals surface area (Å²) in [7, 11) is 0. The molecule has 5 nitrogen and oxygen atoms in total. The number of carboxylic acids is 1. The van der Waals surface area contributed by atoms with Crippen LogP contribution in [0.2, 0.25) is 5.15 Å². The maximum absolute atomic E-state index is 11.9. The van der Waals surface area contributed by atoms with Gasteiger partial charge in [-0.25, -0.2) is 9.78 Å². The Bertz CT molecular complexity index is 451. The van der Waals surface area contributed by atoms with Gasteiger partial charge in [0.15, 0.2) is 0 Å². The van der Waals surface area contributed by atoms with Crippen molar-refractivity contribution in [2.24, 2.45) is 5.92 Å². The number of carboxylic acid groups (broad SMARTS) is 1. The molecule has 0 bridgehead atoms. The van der Waals surface area contributed by atoms with Crippen LogP contribution in [-0.4, -0.2) is 28.0 Å². The Morgan fingerprint density at radius 3 is 2.72 bits per heavy atom.